The molecule has 0 atom stereocenters. The molecule has 2 heterocycles. The van der Waals surface area contributed by atoms with Crippen LogP contribution >= 0.6 is 0 Å². The van der Waals surface area contributed by atoms with Gasteiger partial charge in [-0.15, -0.1) is 0 Å². The van der Waals surface area contributed by atoms with Gasteiger partial charge in [-0.05, 0) is 6.07 Å². The highest BCUT2D eigenvalue weighted by Gasteiger charge is 2.11. The summed E-state index contributed by atoms with van der Waals surface area (Å²) >= 11 is 0. The molecule has 0 N–H and O–H groups in total. The first kappa shape index (κ1) is 8.43. The maximum Gasteiger partial charge on any atom is 0.233 e. The van der Waals surface area contributed by atoms with Crippen molar-refractivity contribution in [3.8, 4) is 0 Å². The lowest BCUT2D eigenvalue weighted by atomic mass is 10.2. The predicted molar refractivity (Wildman–Crippen MR) is 47.5 cm³/mol. The van der Waals surface area contributed by atoms with Crippen LogP contribution in [0.25, 0.3) is 0 Å². The third kappa shape index (κ3) is 1.61. The molecule has 0 bridgehead atoms. The molecule has 0 aromatic carbocycles. The van der Waals surface area contributed by atoms with Crippen molar-refractivity contribution in [3.05, 3.63) is 48.6 Å². The zero-order valence-electron chi connectivity index (χ0n) is 7.16. The molecule has 2 aromatic rings. The Morgan fingerprint density at radius 1 is 1.07 bits per heavy atom. The molecule has 68 valence electrons. The van der Waals surface area contributed by atoms with Crippen molar-refractivity contribution in [2.75, 3.05) is 0 Å². The summed E-state index contributed by atoms with van der Waals surface area (Å²) in [7, 11) is 0. The van der Waals surface area contributed by atoms with E-state index in [0.29, 0.717) is 5.56 Å². The van der Waals surface area contributed by atoms with Crippen molar-refractivity contribution in [3.63, 3.8) is 0 Å². The van der Waals surface area contributed by atoms with Gasteiger partial charge in [-0.3, -0.25) is 4.79 Å². The minimum atomic E-state index is -0.272. The van der Waals surface area contributed by atoms with E-state index in [1.807, 2.05) is 0 Å². The lowest BCUT2D eigenvalue weighted by molar-refractivity contribution is 0.102. The van der Waals surface area contributed by atoms with Gasteiger partial charge in [0.25, 0.3) is 0 Å². The summed E-state index contributed by atoms with van der Waals surface area (Å²) in [4.78, 5) is 26.8. The third-order valence-electron chi connectivity index (χ3n) is 1.59. The Kier molecular flexibility index (Phi) is 2.22. The molecule has 0 fully saturated rings. The highest BCUT2D eigenvalue weighted by atomic mass is 16.1. The Balaban J connectivity index is 2.35. The molecule has 0 amide bonds. The standard InChI is InChI=1S/C9H6N4O/c14-8(7-4-10-6-11-5-7)9-12-2-1-3-13-9/h1-6H. The van der Waals surface area contributed by atoms with E-state index in [1.54, 1.807) is 6.07 Å². The second-order valence-electron chi connectivity index (χ2n) is 2.53. The van der Waals surface area contributed by atoms with Crippen molar-refractivity contribution < 1.29 is 4.79 Å². The smallest absolute Gasteiger partial charge is 0.233 e. The summed E-state index contributed by atoms with van der Waals surface area (Å²) in [6.45, 7) is 0. The molecular formula is C9H6N4O. The third-order valence-corrected chi connectivity index (χ3v) is 1.59. The van der Waals surface area contributed by atoms with E-state index in [1.165, 1.54) is 31.1 Å². The fourth-order valence-electron chi connectivity index (χ4n) is 0.962. The molecule has 0 unspecified atom stereocenters. The van der Waals surface area contributed by atoms with Crippen LogP contribution in [0.2, 0.25) is 0 Å². The quantitative estimate of drug-likeness (QED) is 0.638. The van der Waals surface area contributed by atoms with Gasteiger partial charge in [0.2, 0.25) is 11.6 Å². The zero-order valence-corrected chi connectivity index (χ0v) is 7.16. The minimum Gasteiger partial charge on any atom is -0.285 e. The number of aromatic nitrogens is 4. The largest absolute Gasteiger partial charge is 0.285 e. The van der Waals surface area contributed by atoms with Crippen LogP contribution in [0.5, 0.6) is 0 Å². The van der Waals surface area contributed by atoms with Gasteiger partial charge in [0, 0.05) is 24.8 Å². The maximum atomic E-state index is 11.6. The molecular weight excluding hydrogens is 180 g/mol. The van der Waals surface area contributed by atoms with Gasteiger partial charge >= 0.3 is 0 Å². The molecule has 14 heavy (non-hydrogen) atoms. The van der Waals surface area contributed by atoms with Crippen LogP contribution in [0.15, 0.2) is 37.2 Å². The Labute approximate surface area is 79.9 Å². The zero-order chi connectivity index (χ0) is 9.80. The molecule has 2 rings (SSSR count). The van der Waals surface area contributed by atoms with Crippen molar-refractivity contribution in [1.29, 1.82) is 0 Å². The first-order chi connectivity index (χ1) is 6.88. The van der Waals surface area contributed by atoms with Gasteiger partial charge in [0.15, 0.2) is 0 Å². The van der Waals surface area contributed by atoms with Crippen LogP contribution in [0.3, 0.4) is 0 Å². The van der Waals surface area contributed by atoms with Crippen LogP contribution in [0, 0.1) is 0 Å². The summed E-state index contributed by atoms with van der Waals surface area (Å²) in [5.74, 6) is -0.117. The average Bonchev–Trinajstić information content (AvgIpc) is 2.30. The van der Waals surface area contributed by atoms with Crippen molar-refractivity contribution in [1.82, 2.24) is 19.9 Å². The van der Waals surface area contributed by atoms with E-state index in [4.69, 9.17) is 0 Å². The maximum absolute atomic E-state index is 11.6. The first-order valence-corrected chi connectivity index (χ1v) is 3.94. The number of carbonyl (C=O) groups is 1. The predicted octanol–water partition coefficient (Wildman–Crippen LogP) is 0.498. The van der Waals surface area contributed by atoms with Crippen molar-refractivity contribution in [2.24, 2.45) is 0 Å². The van der Waals surface area contributed by atoms with E-state index >= 15 is 0 Å². The number of rotatable bonds is 2. The Bertz CT molecular complexity index is 388. The Morgan fingerprint density at radius 2 is 1.71 bits per heavy atom. The van der Waals surface area contributed by atoms with E-state index in [0.717, 1.165) is 0 Å². The molecule has 5 heteroatoms. The van der Waals surface area contributed by atoms with E-state index in [-0.39, 0.29) is 11.6 Å². The lowest BCUT2D eigenvalue weighted by Gasteiger charge is -1.96. The molecule has 0 saturated carbocycles. The number of nitrogens with zero attached hydrogens (tertiary/aromatic N) is 4. The first-order valence-electron chi connectivity index (χ1n) is 3.94. The van der Waals surface area contributed by atoms with Gasteiger partial charge in [-0.1, -0.05) is 0 Å². The van der Waals surface area contributed by atoms with E-state index in [2.05, 4.69) is 19.9 Å². The molecule has 0 spiro atoms. The average molecular weight is 186 g/mol. The summed E-state index contributed by atoms with van der Waals surface area (Å²) in [5, 5.41) is 0. The van der Waals surface area contributed by atoms with E-state index in [9.17, 15) is 4.79 Å². The van der Waals surface area contributed by atoms with Crippen LogP contribution < -0.4 is 0 Å². The van der Waals surface area contributed by atoms with Crippen LogP contribution in [0.1, 0.15) is 16.2 Å². The van der Waals surface area contributed by atoms with Gasteiger partial charge in [-0.25, -0.2) is 19.9 Å². The number of hydrogen-bond acceptors (Lipinski definition) is 5. The molecule has 0 radical (unpaired) electrons. The summed E-state index contributed by atoms with van der Waals surface area (Å²) in [6.07, 6.45) is 7.27. The fraction of sp³-hybridized carbons (Fsp3) is 0. The minimum absolute atomic E-state index is 0.155. The molecule has 2 aromatic heterocycles. The SMILES string of the molecule is O=C(c1cncnc1)c1ncccn1. The summed E-state index contributed by atoms with van der Waals surface area (Å²) < 4.78 is 0. The van der Waals surface area contributed by atoms with Crippen molar-refractivity contribution in [2.45, 2.75) is 0 Å². The van der Waals surface area contributed by atoms with Gasteiger partial charge in [-0.2, -0.15) is 0 Å². The van der Waals surface area contributed by atoms with Crippen molar-refractivity contribution >= 4 is 5.78 Å². The molecule has 5 nitrogen and oxygen atoms in total. The fourth-order valence-corrected chi connectivity index (χ4v) is 0.962. The monoisotopic (exact) mass is 186 g/mol. The second kappa shape index (κ2) is 3.69. The highest BCUT2D eigenvalue weighted by Crippen LogP contribution is 2.00. The molecule has 0 saturated heterocycles. The molecule has 0 aliphatic carbocycles. The normalized spacial score (nSPS) is 9.71. The summed E-state index contributed by atoms with van der Waals surface area (Å²) in [6, 6.07) is 1.65. The highest BCUT2D eigenvalue weighted by molar-refractivity contribution is 6.05. The Morgan fingerprint density at radius 3 is 2.36 bits per heavy atom. The van der Waals surface area contributed by atoms with Gasteiger partial charge in [0.1, 0.15) is 6.33 Å². The summed E-state index contributed by atoms with van der Waals surface area (Å²) in [5.41, 5.74) is 0.388. The second-order valence-corrected chi connectivity index (χ2v) is 2.53. The Hall–Kier alpha value is -2.17. The van der Waals surface area contributed by atoms with Gasteiger partial charge < -0.3 is 0 Å². The number of ketones is 1. The topological polar surface area (TPSA) is 68.6 Å². The van der Waals surface area contributed by atoms with Crippen LogP contribution in [-0.4, -0.2) is 25.7 Å². The lowest BCUT2D eigenvalue weighted by Crippen LogP contribution is -2.06. The van der Waals surface area contributed by atoms with Gasteiger partial charge in [0.05, 0.1) is 5.56 Å². The molecule has 0 aliphatic rings. The van der Waals surface area contributed by atoms with Crippen LogP contribution in [-0.2, 0) is 0 Å². The number of hydrogen-bond donors (Lipinski definition) is 0. The van der Waals surface area contributed by atoms with E-state index < -0.39 is 0 Å². The van der Waals surface area contributed by atoms with Crippen LogP contribution in [0.4, 0.5) is 0 Å². The number of carbonyl (C=O) groups excluding carboxylic acids is 1. The molecule has 0 aliphatic heterocycles.